The van der Waals surface area contributed by atoms with E-state index >= 15 is 0 Å². The maximum absolute atomic E-state index is 5.76. The molecule has 0 aromatic carbocycles. The Hall–Kier alpha value is -0.900. The molecule has 0 saturated carbocycles. The zero-order valence-corrected chi connectivity index (χ0v) is 10.5. The van der Waals surface area contributed by atoms with E-state index in [0.29, 0.717) is 5.92 Å². The number of rotatable bonds is 3. The molecular weight excluding hydrogens is 224 g/mol. The third-order valence-corrected chi connectivity index (χ3v) is 3.39. The number of aromatic nitrogens is 3. The molecule has 2 rings (SSSR count). The Kier molecular flexibility index (Phi) is 3.59. The fourth-order valence-electron chi connectivity index (χ4n) is 1.98. The van der Waals surface area contributed by atoms with Gasteiger partial charge >= 0.3 is 0 Å². The highest BCUT2D eigenvalue weighted by Gasteiger charge is 2.24. The summed E-state index contributed by atoms with van der Waals surface area (Å²) in [6, 6.07) is 0. The normalized spacial score (nSPS) is 20.4. The minimum atomic E-state index is 0.683. The van der Waals surface area contributed by atoms with Crippen LogP contribution in [0.15, 0.2) is 0 Å². The number of aryl methyl sites for hydroxylation is 2. The number of nitrogens with zero attached hydrogens (tertiary/aromatic N) is 4. The van der Waals surface area contributed by atoms with Crippen LogP contribution in [0.3, 0.4) is 0 Å². The highest BCUT2D eigenvalue weighted by atomic mass is 35.5. The van der Waals surface area contributed by atoms with Gasteiger partial charge in [0.15, 0.2) is 0 Å². The minimum absolute atomic E-state index is 0.683. The molecule has 5 heteroatoms. The summed E-state index contributed by atoms with van der Waals surface area (Å²) in [5.41, 5.74) is 1.87. The van der Waals surface area contributed by atoms with Gasteiger partial charge in [-0.1, -0.05) is 0 Å². The van der Waals surface area contributed by atoms with Gasteiger partial charge in [0.25, 0.3) is 0 Å². The summed E-state index contributed by atoms with van der Waals surface area (Å²) in [6.45, 7) is 5.93. The Morgan fingerprint density at radius 1 is 1.31 bits per heavy atom. The van der Waals surface area contributed by atoms with Gasteiger partial charge in [0.1, 0.15) is 0 Å². The predicted octanol–water partition coefficient (Wildman–Crippen LogP) is 1.94. The first-order valence-corrected chi connectivity index (χ1v) is 6.23. The summed E-state index contributed by atoms with van der Waals surface area (Å²) < 4.78 is 0. The van der Waals surface area contributed by atoms with Crippen LogP contribution in [0.25, 0.3) is 0 Å². The lowest BCUT2D eigenvalue weighted by molar-refractivity contribution is 0.571. The monoisotopic (exact) mass is 240 g/mol. The van der Waals surface area contributed by atoms with Crippen molar-refractivity contribution in [3.63, 3.8) is 0 Å². The highest BCUT2D eigenvalue weighted by Crippen LogP contribution is 2.23. The van der Waals surface area contributed by atoms with Crippen molar-refractivity contribution >= 4 is 17.5 Å². The molecule has 2 heterocycles. The molecule has 0 radical (unpaired) electrons. The average molecular weight is 241 g/mol. The van der Waals surface area contributed by atoms with Crippen LogP contribution in [0.1, 0.15) is 24.2 Å². The van der Waals surface area contributed by atoms with Crippen molar-refractivity contribution in [2.75, 3.05) is 23.9 Å². The van der Waals surface area contributed by atoms with Crippen LogP contribution in [0.4, 0.5) is 5.95 Å². The van der Waals surface area contributed by atoms with Gasteiger partial charge in [-0.3, -0.25) is 0 Å². The van der Waals surface area contributed by atoms with Crippen molar-refractivity contribution in [2.24, 2.45) is 5.92 Å². The van der Waals surface area contributed by atoms with Gasteiger partial charge in [-0.05, 0) is 32.6 Å². The number of alkyl halides is 1. The second-order valence-electron chi connectivity index (χ2n) is 4.36. The summed E-state index contributed by atoms with van der Waals surface area (Å²) in [6.07, 6.45) is 2.26. The molecule has 1 fully saturated rings. The number of halogens is 1. The van der Waals surface area contributed by atoms with E-state index in [9.17, 15) is 0 Å². The van der Waals surface area contributed by atoms with E-state index in [1.54, 1.807) is 0 Å². The van der Waals surface area contributed by atoms with Gasteiger partial charge in [0.2, 0.25) is 5.95 Å². The molecule has 1 aromatic heterocycles. The topological polar surface area (TPSA) is 41.9 Å². The van der Waals surface area contributed by atoms with E-state index in [-0.39, 0.29) is 0 Å². The fourth-order valence-corrected chi connectivity index (χ4v) is 2.29. The van der Waals surface area contributed by atoms with Crippen molar-refractivity contribution in [3.8, 4) is 0 Å². The van der Waals surface area contributed by atoms with Gasteiger partial charge in [-0.2, -0.15) is 5.10 Å². The van der Waals surface area contributed by atoms with Gasteiger partial charge < -0.3 is 4.90 Å². The zero-order valence-electron chi connectivity index (χ0n) is 9.78. The van der Waals surface area contributed by atoms with Crippen LogP contribution >= 0.6 is 11.6 Å². The molecule has 1 atom stereocenters. The molecule has 1 saturated heterocycles. The second kappa shape index (κ2) is 4.95. The van der Waals surface area contributed by atoms with E-state index in [1.807, 2.05) is 13.8 Å². The Morgan fingerprint density at radius 2 is 2.12 bits per heavy atom. The van der Waals surface area contributed by atoms with Crippen molar-refractivity contribution < 1.29 is 0 Å². The molecule has 16 heavy (non-hydrogen) atoms. The van der Waals surface area contributed by atoms with Crippen LogP contribution in [0, 0.1) is 19.8 Å². The quantitative estimate of drug-likeness (QED) is 0.758. The van der Waals surface area contributed by atoms with Crippen LogP contribution in [0.2, 0.25) is 0 Å². The third-order valence-electron chi connectivity index (χ3n) is 3.17. The summed E-state index contributed by atoms with van der Waals surface area (Å²) >= 11 is 5.76. The van der Waals surface area contributed by atoms with Gasteiger partial charge in [-0.15, -0.1) is 16.7 Å². The highest BCUT2D eigenvalue weighted by molar-refractivity contribution is 6.17. The number of hydrogen-bond donors (Lipinski definition) is 0. The molecule has 1 aliphatic heterocycles. The number of anilines is 1. The lowest BCUT2D eigenvalue weighted by atomic mass is 10.1. The van der Waals surface area contributed by atoms with E-state index in [2.05, 4.69) is 20.1 Å². The lowest BCUT2D eigenvalue weighted by Crippen LogP contribution is -2.23. The first-order chi connectivity index (χ1) is 7.70. The third kappa shape index (κ3) is 2.43. The Bertz CT molecular complexity index is 369. The molecule has 0 amide bonds. The summed E-state index contributed by atoms with van der Waals surface area (Å²) in [4.78, 5) is 6.67. The molecule has 1 aromatic rings. The summed E-state index contributed by atoms with van der Waals surface area (Å²) in [5.74, 6) is 2.19. The SMILES string of the molecule is Cc1nnc(N2CCC(CCCl)C2)nc1C. The molecule has 1 aliphatic rings. The molecule has 88 valence electrons. The maximum Gasteiger partial charge on any atom is 0.245 e. The first-order valence-electron chi connectivity index (χ1n) is 5.69. The van der Waals surface area contributed by atoms with Crippen LogP contribution < -0.4 is 4.90 Å². The lowest BCUT2D eigenvalue weighted by Gasteiger charge is -2.16. The standard InChI is InChI=1S/C11H17ClN4/c1-8-9(2)14-15-11(13-8)16-6-4-10(7-16)3-5-12/h10H,3-7H2,1-2H3. The molecule has 0 spiro atoms. The van der Waals surface area contributed by atoms with E-state index < -0.39 is 0 Å². The molecule has 0 N–H and O–H groups in total. The second-order valence-corrected chi connectivity index (χ2v) is 4.74. The van der Waals surface area contributed by atoms with Gasteiger partial charge in [-0.25, -0.2) is 4.98 Å². The fraction of sp³-hybridized carbons (Fsp3) is 0.727. The van der Waals surface area contributed by atoms with Crippen LogP contribution in [0.5, 0.6) is 0 Å². The van der Waals surface area contributed by atoms with E-state index in [0.717, 1.165) is 42.7 Å². The van der Waals surface area contributed by atoms with Crippen molar-refractivity contribution in [3.05, 3.63) is 11.4 Å². The van der Waals surface area contributed by atoms with Gasteiger partial charge in [0, 0.05) is 19.0 Å². The summed E-state index contributed by atoms with van der Waals surface area (Å²) in [7, 11) is 0. The average Bonchev–Trinajstić information content (AvgIpc) is 2.71. The van der Waals surface area contributed by atoms with E-state index in [4.69, 9.17) is 11.6 Å². The van der Waals surface area contributed by atoms with Crippen LogP contribution in [-0.2, 0) is 0 Å². The molecule has 0 bridgehead atoms. The molecule has 4 nitrogen and oxygen atoms in total. The van der Waals surface area contributed by atoms with Crippen molar-refractivity contribution in [1.82, 2.24) is 15.2 Å². The Balaban J connectivity index is 2.05. The smallest absolute Gasteiger partial charge is 0.245 e. The Labute approximate surface area is 101 Å². The largest absolute Gasteiger partial charge is 0.339 e. The van der Waals surface area contributed by atoms with Crippen molar-refractivity contribution in [2.45, 2.75) is 26.7 Å². The predicted molar refractivity (Wildman–Crippen MR) is 65.0 cm³/mol. The molecular formula is C11H17ClN4. The van der Waals surface area contributed by atoms with Crippen molar-refractivity contribution in [1.29, 1.82) is 0 Å². The summed E-state index contributed by atoms with van der Waals surface area (Å²) in [5, 5.41) is 8.26. The minimum Gasteiger partial charge on any atom is -0.339 e. The van der Waals surface area contributed by atoms with Gasteiger partial charge in [0.05, 0.1) is 11.4 Å². The zero-order chi connectivity index (χ0) is 11.5. The number of hydrogen-bond acceptors (Lipinski definition) is 4. The van der Waals surface area contributed by atoms with Crippen LogP contribution in [-0.4, -0.2) is 34.2 Å². The molecule has 0 aliphatic carbocycles. The molecule has 1 unspecified atom stereocenters. The maximum atomic E-state index is 5.76. The first kappa shape index (κ1) is 11.6. The van der Waals surface area contributed by atoms with E-state index in [1.165, 1.54) is 6.42 Å². The Morgan fingerprint density at radius 3 is 2.81 bits per heavy atom.